The molecule has 0 amide bonds. The molecular weight excluding hydrogens is 512 g/mol. The lowest BCUT2D eigenvalue weighted by Gasteiger charge is -2.26. The fourth-order valence-corrected chi connectivity index (χ4v) is 5.75. The monoisotopic (exact) mass is 538 g/mol. The minimum absolute atomic E-state index is 0.639. The van der Waals surface area contributed by atoms with Gasteiger partial charge in [0.2, 0.25) is 5.89 Å². The maximum Gasteiger partial charge on any atom is 0.227 e. The van der Waals surface area contributed by atoms with E-state index in [0.29, 0.717) is 5.89 Å². The van der Waals surface area contributed by atoms with Crippen molar-refractivity contribution < 1.29 is 4.42 Å². The number of benzene rings is 7. The summed E-state index contributed by atoms with van der Waals surface area (Å²) in [5, 5.41) is 4.69. The van der Waals surface area contributed by atoms with Gasteiger partial charge in [0.25, 0.3) is 0 Å². The number of fused-ring (bicyclic) bond motifs is 4. The number of rotatable bonds is 5. The third kappa shape index (κ3) is 4.29. The van der Waals surface area contributed by atoms with Gasteiger partial charge in [0.1, 0.15) is 5.52 Å². The summed E-state index contributed by atoms with van der Waals surface area (Å²) in [5.74, 6) is 0.639. The predicted molar refractivity (Wildman–Crippen MR) is 175 cm³/mol. The van der Waals surface area contributed by atoms with E-state index in [1.165, 1.54) is 21.9 Å². The first-order valence-corrected chi connectivity index (χ1v) is 14.1. The first-order chi connectivity index (χ1) is 20.8. The molecule has 0 saturated carbocycles. The number of oxazole rings is 1. The van der Waals surface area contributed by atoms with Crippen molar-refractivity contribution in [3.05, 3.63) is 158 Å². The van der Waals surface area contributed by atoms with E-state index >= 15 is 0 Å². The topological polar surface area (TPSA) is 29.3 Å². The largest absolute Gasteiger partial charge is 0.436 e. The maximum atomic E-state index is 6.13. The smallest absolute Gasteiger partial charge is 0.227 e. The van der Waals surface area contributed by atoms with E-state index in [1.807, 2.05) is 36.4 Å². The van der Waals surface area contributed by atoms with Crippen LogP contribution in [0.15, 0.2) is 162 Å². The molecule has 0 aliphatic heterocycles. The van der Waals surface area contributed by atoms with Crippen LogP contribution in [0.5, 0.6) is 0 Å². The molecule has 7 aromatic carbocycles. The van der Waals surface area contributed by atoms with Crippen molar-refractivity contribution >= 4 is 49.7 Å². The van der Waals surface area contributed by atoms with Gasteiger partial charge < -0.3 is 9.32 Å². The molecule has 1 heterocycles. The van der Waals surface area contributed by atoms with Crippen molar-refractivity contribution in [3.8, 4) is 22.6 Å². The highest BCUT2D eigenvalue weighted by Gasteiger charge is 2.16. The molecule has 0 spiro atoms. The second-order valence-electron chi connectivity index (χ2n) is 10.5. The molecule has 0 aliphatic carbocycles. The summed E-state index contributed by atoms with van der Waals surface area (Å²) in [7, 11) is 0. The molecule has 1 aromatic heterocycles. The summed E-state index contributed by atoms with van der Waals surface area (Å²) >= 11 is 0. The minimum atomic E-state index is 0.639. The van der Waals surface area contributed by atoms with E-state index in [2.05, 4.69) is 126 Å². The number of hydrogen-bond acceptors (Lipinski definition) is 3. The summed E-state index contributed by atoms with van der Waals surface area (Å²) in [6.07, 6.45) is 0. The van der Waals surface area contributed by atoms with Gasteiger partial charge in [-0.3, -0.25) is 0 Å². The quantitative estimate of drug-likeness (QED) is 0.218. The summed E-state index contributed by atoms with van der Waals surface area (Å²) in [6.45, 7) is 0. The Labute approximate surface area is 243 Å². The number of para-hydroxylation sites is 1. The number of aromatic nitrogens is 1. The minimum Gasteiger partial charge on any atom is -0.436 e. The Bertz CT molecular complexity index is 2180. The van der Waals surface area contributed by atoms with Crippen molar-refractivity contribution in [2.75, 3.05) is 4.90 Å². The first-order valence-electron chi connectivity index (χ1n) is 14.1. The summed E-state index contributed by atoms with van der Waals surface area (Å²) < 4.78 is 6.13. The fraction of sp³-hybridized carbons (Fsp3) is 0. The van der Waals surface area contributed by atoms with E-state index < -0.39 is 0 Å². The zero-order valence-corrected chi connectivity index (χ0v) is 22.8. The average molecular weight is 539 g/mol. The van der Waals surface area contributed by atoms with Crippen LogP contribution in [0.2, 0.25) is 0 Å². The Morgan fingerprint density at radius 2 is 1.07 bits per heavy atom. The van der Waals surface area contributed by atoms with E-state index in [9.17, 15) is 0 Å². The fourth-order valence-electron chi connectivity index (χ4n) is 5.75. The van der Waals surface area contributed by atoms with Gasteiger partial charge in [-0.2, -0.15) is 0 Å². The lowest BCUT2D eigenvalue weighted by molar-refractivity contribution is 0.620. The Morgan fingerprint density at radius 1 is 0.429 bits per heavy atom. The Kier molecular flexibility index (Phi) is 5.79. The molecule has 0 atom stereocenters. The standard InChI is InChI=1S/C39H26N2O/c1-3-10-29(11-4-1)39-40-38-36-23-22-35(26-32(36)19-24-37(38)42-39)41(33-13-5-2-6-14-33)34-20-17-28(18-21-34)31-16-15-27-9-7-8-12-30(27)25-31/h1-26H. The van der Waals surface area contributed by atoms with E-state index in [4.69, 9.17) is 9.40 Å². The van der Waals surface area contributed by atoms with Crippen LogP contribution in [-0.4, -0.2) is 4.98 Å². The summed E-state index contributed by atoms with van der Waals surface area (Å²) in [6, 6.07) is 55.2. The van der Waals surface area contributed by atoms with Crippen LogP contribution < -0.4 is 4.90 Å². The predicted octanol–water partition coefficient (Wildman–Crippen LogP) is 10.9. The van der Waals surface area contributed by atoms with E-state index in [0.717, 1.165) is 44.5 Å². The van der Waals surface area contributed by atoms with Gasteiger partial charge >= 0.3 is 0 Å². The molecule has 3 heteroatoms. The van der Waals surface area contributed by atoms with Crippen molar-refractivity contribution in [1.82, 2.24) is 4.98 Å². The van der Waals surface area contributed by atoms with E-state index in [-0.39, 0.29) is 0 Å². The van der Waals surface area contributed by atoms with Crippen LogP contribution in [-0.2, 0) is 0 Å². The third-order valence-corrected chi connectivity index (χ3v) is 7.86. The number of nitrogens with zero attached hydrogens (tertiary/aromatic N) is 2. The SMILES string of the molecule is c1ccc(-c2nc3c(ccc4cc(N(c5ccccc5)c5ccc(-c6ccc7ccccc7c6)cc5)ccc43)o2)cc1. The molecule has 0 unspecified atom stereocenters. The molecule has 0 saturated heterocycles. The maximum absolute atomic E-state index is 6.13. The second-order valence-corrected chi connectivity index (χ2v) is 10.5. The molecule has 0 aliphatic rings. The van der Waals surface area contributed by atoms with Crippen LogP contribution in [0, 0.1) is 0 Å². The Balaban J connectivity index is 1.20. The molecule has 0 N–H and O–H groups in total. The van der Waals surface area contributed by atoms with Crippen molar-refractivity contribution in [2.45, 2.75) is 0 Å². The molecule has 8 aromatic rings. The van der Waals surface area contributed by atoms with Crippen molar-refractivity contribution in [1.29, 1.82) is 0 Å². The number of anilines is 3. The second kappa shape index (κ2) is 10.1. The third-order valence-electron chi connectivity index (χ3n) is 7.86. The highest BCUT2D eigenvalue weighted by Crippen LogP contribution is 2.38. The van der Waals surface area contributed by atoms with Crippen LogP contribution in [0.3, 0.4) is 0 Å². The highest BCUT2D eigenvalue weighted by atomic mass is 16.3. The molecule has 0 bridgehead atoms. The van der Waals surface area contributed by atoms with Crippen molar-refractivity contribution in [2.24, 2.45) is 0 Å². The van der Waals surface area contributed by atoms with Crippen LogP contribution in [0.25, 0.3) is 55.2 Å². The average Bonchev–Trinajstić information content (AvgIpc) is 3.51. The molecule has 3 nitrogen and oxygen atoms in total. The van der Waals surface area contributed by atoms with Gasteiger partial charge in [-0.25, -0.2) is 4.98 Å². The van der Waals surface area contributed by atoms with Gasteiger partial charge in [-0.05, 0) is 94.0 Å². The zero-order chi connectivity index (χ0) is 27.9. The lowest BCUT2D eigenvalue weighted by atomic mass is 10.0. The zero-order valence-electron chi connectivity index (χ0n) is 22.8. The van der Waals surface area contributed by atoms with Gasteiger partial charge in [0, 0.05) is 28.0 Å². The summed E-state index contributed by atoms with van der Waals surface area (Å²) in [4.78, 5) is 7.18. The first kappa shape index (κ1) is 24.2. The van der Waals surface area contributed by atoms with Gasteiger partial charge in [0.15, 0.2) is 5.58 Å². The van der Waals surface area contributed by atoms with Crippen LogP contribution >= 0.6 is 0 Å². The van der Waals surface area contributed by atoms with Crippen molar-refractivity contribution in [3.63, 3.8) is 0 Å². The molecular formula is C39H26N2O. The Hall–Kier alpha value is -5.67. The molecule has 198 valence electrons. The molecule has 0 radical (unpaired) electrons. The molecule has 42 heavy (non-hydrogen) atoms. The van der Waals surface area contributed by atoms with Gasteiger partial charge in [-0.15, -0.1) is 0 Å². The number of hydrogen-bond donors (Lipinski definition) is 0. The molecule has 0 fully saturated rings. The van der Waals surface area contributed by atoms with E-state index in [1.54, 1.807) is 0 Å². The highest BCUT2D eigenvalue weighted by molar-refractivity contribution is 6.05. The Morgan fingerprint density at radius 3 is 1.88 bits per heavy atom. The molecule has 8 rings (SSSR count). The van der Waals surface area contributed by atoms with Crippen LogP contribution in [0.4, 0.5) is 17.1 Å². The van der Waals surface area contributed by atoms with Crippen LogP contribution in [0.1, 0.15) is 0 Å². The normalized spacial score (nSPS) is 11.3. The van der Waals surface area contributed by atoms with Gasteiger partial charge in [-0.1, -0.05) is 91.0 Å². The van der Waals surface area contributed by atoms with Gasteiger partial charge in [0.05, 0.1) is 0 Å². The lowest BCUT2D eigenvalue weighted by Crippen LogP contribution is -2.09. The summed E-state index contributed by atoms with van der Waals surface area (Å²) in [5.41, 5.74) is 8.33.